The van der Waals surface area contributed by atoms with Crippen molar-refractivity contribution in [2.24, 2.45) is 5.92 Å². The zero-order chi connectivity index (χ0) is 29.9. The van der Waals surface area contributed by atoms with Gasteiger partial charge in [0, 0.05) is 59.6 Å². The predicted octanol–water partition coefficient (Wildman–Crippen LogP) is 5.31. The lowest BCUT2D eigenvalue weighted by molar-refractivity contribution is -0.123. The van der Waals surface area contributed by atoms with Gasteiger partial charge >= 0.3 is 0 Å². The number of aromatic nitrogens is 2. The maximum atomic E-state index is 14.2. The van der Waals surface area contributed by atoms with E-state index in [9.17, 15) is 14.0 Å². The fraction of sp³-hybridized carbons (Fsp3) is 0.485. The van der Waals surface area contributed by atoms with Crippen molar-refractivity contribution in [3.05, 3.63) is 74.2 Å². The molecular formula is C33H39FN4O4. The number of amides is 1. The van der Waals surface area contributed by atoms with Gasteiger partial charge in [-0.1, -0.05) is 0 Å². The highest BCUT2D eigenvalue weighted by molar-refractivity contribution is 6.02. The smallest absolute Gasteiger partial charge is 0.254 e. The van der Waals surface area contributed by atoms with Crippen LogP contribution in [-0.4, -0.2) is 58.1 Å². The van der Waals surface area contributed by atoms with Gasteiger partial charge in [-0.3, -0.25) is 9.59 Å². The average molecular weight is 575 g/mol. The van der Waals surface area contributed by atoms with Crippen molar-refractivity contribution in [3.8, 4) is 22.6 Å². The molecule has 3 aliphatic rings. The summed E-state index contributed by atoms with van der Waals surface area (Å²) in [6.45, 7) is 8.31. The molecule has 1 aromatic carbocycles. The summed E-state index contributed by atoms with van der Waals surface area (Å²) in [5, 5.41) is 0. The van der Waals surface area contributed by atoms with E-state index in [1.807, 2.05) is 33.8 Å². The quantitative estimate of drug-likeness (QED) is 0.416. The van der Waals surface area contributed by atoms with Crippen LogP contribution in [0.2, 0.25) is 0 Å². The van der Waals surface area contributed by atoms with E-state index in [1.165, 1.54) is 12.3 Å². The number of hydrogen-bond donors (Lipinski definition) is 1. The van der Waals surface area contributed by atoms with Crippen LogP contribution < -0.4 is 15.0 Å². The van der Waals surface area contributed by atoms with E-state index in [1.54, 1.807) is 11.0 Å². The SMILES string of the molecule is Cc1cc(C)c(CN2CCc3c(c(C)c4c(c3-c3ccc(F)nc3)O[C@](C)(C3CCC(N(C)C)CC3)O4)C2=O)c(=O)[nH]1. The molecule has 8 nitrogen and oxygen atoms in total. The fourth-order valence-corrected chi connectivity index (χ4v) is 7.11. The van der Waals surface area contributed by atoms with Gasteiger partial charge in [-0.05, 0) is 96.3 Å². The summed E-state index contributed by atoms with van der Waals surface area (Å²) in [5.74, 6) is -0.270. The summed E-state index contributed by atoms with van der Waals surface area (Å²) in [5.41, 5.74) is 5.61. The molecule has 222 valence electrons. The van der Waals surface area contributed by atoms with Crippen LogP contribution in [0.1, 0.15) is 70.9 Å². The highest BCUT2D eigenvalue weighted by atomic mass is 19.1. The maximum Gasteiger partial charge on any atom is 0.254 e. The van der Waals surface area contributed by atoms with Gasteiger partial charge in [-0.25, -0.2) is 4.98 Å². The molecule has 0 unspecified atom stereocenters. The van der Waals surface area contributed by atoms with Gasteiger partial charge in [0.05, 0.1) is 12.1 Å². The van der Waals surface area contributed by atoms with E-state index >= 15 is 0 Å². The third kappa shape index (κ3) is 4.77. The molecule has 3 aromatic rings. The van der Waals surface area contributed by atoms with Crippen LogP contribution in [0.3, 0.4) is 0 Å². The summed E-state index contributed by atoms with van der Waals surface area (Å²) < 4.78 is 27.4. The van der Waals surface area contributed by atoms with E-state index in [-0.39, 0.29) is 23.9 Å². The van der Waals surface area contributed by atoms with Gasteiger partial charge in [0.1, 0.15) is 0 Å². The lowest BCUT2D eigenvalue weighted by Crippen LogP contribution is -2.46. The Morgan fingerprint density at radius 1 is 1.07 bits per heavy atom. The van der Waals surface area contributed by atoms with Crippen molar-refractivity contribution in [3.63, 3.8) is 0 Å². The molecular weight excluding hydrogens is 535 g/mol. The number of nitrogens with one attached hydrogen (secondary N) is 1. The molecule has 2 aromatic heterocycles. The van der Waals surface area contributed by atoms with E-state index in [4.69, 9.17) is 9.47 Å². The molecule has 1 fully saturated rings. The first kappa shape index (κ1) is 28.4. The van der Waals surface area contributed by atoms with Crippen LogP contribution in [0, 0.1) is 32.6 Å². The number of rotatable bonds is 5. The van der Waals surface area contributed by atoms with Crippen molar-refractivity contribution in [2.45, 2.75) is 78.2 Å². The van der Waals surface area contributed by atoms with E-state index in [0.29, 0.717) is 47.2 Å². The molecule has 9 heteroatoms. The monoisotopic (exact) mass is 574 g/mol. The van der Waals surface area contributed by atoms with Crippen molar-refractivity contribution >= 4 is 5.91 Å². The summed E-state index contributed by atoms with van der Waals surface area (Å²) in [6.07, 6.45) is 6.11. The molecule has 1 aliphatic carbocycles. The van der Waals surface area contributed by atoms with Crippen LogP contribution in [0.4, 0.5) is 4.39 Å². The van der Waals surface area contributed by atoms with E-state index in [2.05, 4.69) is 29.0 Å². The maximum absolute atomic E-state index is 14.2. The lowest BCUT2D eigenvalue weighted by Gasteiger charge is -2.39. The number of nitrogens with zero attached hydrogens (tertiary/aromatic N) is 3. The second-order valence-electron chi connectivity index (χ2n) is 12.5. The Morgan fingerprint density at radius 3 is 2.43 bits per heavy atom. The molecule has 42 heavy (non-hydrogen) atoms. The van der Waals surface area contributed by atoms with E-state index < -0.39 is 11.7 Å². The zero-order valence-corrected chi connectivity index (χ0v) is 25.3. The molecule has 0 saturated heterocycles. The van der Waals surface area contributed by atoms with Crippen molar-refractivity contribution in [2.75, 3.05) is 20.6 Å². The number of ether oxygens (including phenoxy) is 2. The fourth-order valence-electron chi connectivity index (χ4n) is 7.11. The minimum Gasteiger partial charge on any atom is -0.448 e. The third-order valence-electron chi connectivity index (χ3n) is 9.52. The topological polar surface area (TPSA) is 87.8 Å². The highest BCUT2D eigenvalue weighted by Gasteiger charge is 2.49. The van der Waals surface area contributed by atoms with Crippen molar-refractivity contribution in [1.82, 2.24) is 19.8 Å². The van der Waals surface area contributed by atoms with Crippen molar-refractivity contribution in [1.29, 1.82) is 0 Å². The van der Waals surface area contributed by atoms with Gasteiger partial charge < -0.3 is 24.3 Å². The molecule has 1 amide bonds. The van der Waals surface area contributed by atoms with Crippen LogP contribution in [-0.2, 0) is 13.0 Å². The first-order chi connectivity index (χ1) is 20.0. The van der Waals surface area contributed by atoms with Crippen LogP contribution in [0.5, 0.6) is 11.5 Å². The van der Waals surface area contributed by atoms with Gasteiger partial charge in [-0.2, -0.15) is 4.39 Å². The number of benzene rings is 1. The van der Waals surface area contributed by atoms with Gasteiger partial charge in [-0.15, -0.1) is 0 Å². The summed E-state index contributed by atoms with van der Waals surface area (Å²) in [7, 11) is 4.25. The molecule has 0 bridgehead atoms. The number of H-pyrrole nitrogens is 1. The number of pyridine rings is 2. The highest BCUT2D eigenvalue weighted by Crippen LogP contribution is 2.55. The number of carbonyl (C=O) groups is 1. The Labute approximate surface area is 245 Å². The number of aromatic amines is 1. The molecule has 1 atom stereocenters. The Bertz CT molecular complexity index is 1610. The Kier molecular flexibility index (Phi) is 7.12. The first-order valence-corrected chi connectivity index (χ1v) is 14.8. The standard InChI is InChI=1S/C33H39FN4O4/c1-18-15-19(2)36-31(39)25(18)17-38-14-13-24-27(32(38)40)20(3)29-30(28(24)21-7-12-26(34)35-16-21)42-33(4,41-29)22-8-10-23(11-9-22)37(5)6/h7,12,15-16,22-23H,8-11,13-14,17H2,1-6H3,(H,36,39)/t22?,23?,33-/m1/s1. The first-order valence-electron chi connectivity index (χ1n) is 14.8. The Morgan fingerprint density at radius 2 is 1.79 bits per heavy atom. The zero-order valence-electron chi connectivity index (χ0n) is 25.3. The Balaban J connectivity index is 1.41. The van der Waals surface area contributed by atoms with Crippen LogP contribution >= 0.6 is 0 Å². The lowest BCUT2D eigenvalue weighted by atomic mass is 9.81. The van der Waals surface area contributed by atoms with E-state index in [0.717, 1.165) is 53.6 Å². The molecule has 1 saturated carbocycles. The van der Waals surface area contributed by atoms with Gasteiger partial charge in [0.25, 0.3) is 17.3 Å². The largest absolute Gasteiger partial charge is 0.448 e. The number of fused-ring (bicyclic) bond motifs is 2. The number of hydrogen-bond acceptors (Lipinski definition) is 6. The molecule has 6 rings (SSSR count). The minimum atomic E-state index is -0.883. The van der Waals surface area contributed by atoms with Crippen LogP contribution in [0.25, 0.3) is 11.1 Å². The molecule has 2 aliphatic heterocycles. The molecule has 0 spiro atoms. The summed E-state index contributed by atoms with van der Waals surface area (Å²) in [6, 6.07) is 5.47. The van der Waals surface area contributed by atoms with Gasteiger partial charge in [0.15, 0.2) is 11.5 Å². The number of halogens is 1. The van der Waals surface area contributed by atoms with Crippen molar-refractivity contribution < 1.29 is 18.7 Å². The molecule has 1 N–H and O–H groups in total. The average Bonchev–Trinajstić information content (AvgIpc) is 3.31. The summed E-state index contributed by atoms with van der Waals surface area (Å²) in [4.78, 5) is 37.7. The normalized spacial score (nSPS) is 23.4. The number of aryl methyl sites for hydroxylation is 2. The predicted molar refractivity (Wildman–Crippen MR) is 158 cm³/mol. The number of carbonyl (C=O) groups excluding carboxylic acids is 1. The Hall–Kier alpha value is -3.72. The minimum absolute atomic E-state index is 0.157. The molecule has 4 heterocycles. The summed E-state index contributed by atoms with van der Waals surface area (Å²) >= 11 is 0. The second kappa shape index (κ2) is 10.5. The van der Waals surface area contributed by atoms with Gasteiger partial charge in [0.2, 0.25) is 5.95 Å². The second-order valence-corrected chi connectivity index (χ2v) is 12.5. The van der Waals surface area contributed by atoms with Crippen LogP contribution in [0.15, 0.2) is 29.2 Å². The molecule has 0 radical (unpaired) electrons. The third-order valence-corrected chi connectivity index (χ3v) is 9.52.